The summed E-state index contributed by atoms with van der Waals surface area (Å²) in [5, 5.41) is 9.61. The van der Waals surface area contributed by atoms with Gasteiger partial charge < -0.3 is 14.6 Å². The molecule has 2 aliphatic heterocycles. The van der Waals surface area contributed by atoms with Gasteiger partial charge in [-0.15, -0.1) is 0 Å². The molecule has 0 fully saturated rings. The number of aliphatic hydroxyl groups is 1. The molecule has 3 aliphatic rings. The second-order valence-electron chi connectivity index (χ2n) is 8.48. The second-order valence-corrected chi connectivity index (χ2v) is 8.48. The summed E-state index contributed by atoms with van der Waals surface area (Å²) in [4.78, 5) is 38.4. The van der Waals surface area contributed by atoms with Gasteiger partial charge in [-0.1, -0.05) is 50.1 Å². The average molecular weight is 451 g/mol. The normalized spacial score (nSPS) is 23.3. The number of aliphatic hydroxyl groups excluding tert-OH is 1. The van der Waals surface area contributed by atoms with Crippen molar-refractivity contribution < 1.29 is 29.0 Å². The van der Waals surface area contributed by atoms with Gasteiger partial charge in [0.1, 0.15) is 11.3 Å². The number of carbonyl (C=O) groups excluding carboxylic acids is 3. The zero-order valence-electron chi connectivity index (χ0n) is 19.3. The summed E-state index contributed by atoms with van der Waals surface area (Å²) in [5.74, 6) is -1.30. The molecule has 0 unspecified atom stereocenters. The van der Waals surface area contributed by atoms with E-state index in [-0.39, 0.29) is 17.6 Å². The minimum absolute atomic E-state index is 0.168. The highest BCUT2D eigenvalue weighted by molar-refractivity contribution is 6.27. The van der Waals surface area contributed by atoms with Crippen molar-refractivity contribution in [2.75, 3.05) is 0 Å². The third kappa shape index (κ3) is 5.40. The Morgan fingerprint density at radius 1 is 1.15 bits per heavy atom. The van der Waals surface area contributed by atoms with Crippen molar-refractivity contribution in [2.45, 2.75) is 64.6 Å². The molecule has 2 atom stereocenters. The van der Waals surface area contributed by atoms with Gasteiger partial charge in [-0.2, -0.15) is 0 Å². The van der Waals surface area contributed by atoms with Crippen molar-refractivity contribution in [1.82, 2.24) is 0 Å². The third-order valence-electron chi connectivity index (χ3n) is 5.64. The van der Waals surface area contributed by atoms with E-state index in [1.165, 1.54) is 38.2 Å². The van der Waals surface area contributed by atoms with Gasteiger partial charge in [-0.05, 0) is 50.5 Å². The SMILES string of the molecule is CCCCC/C=C/C=C/C=C/C(=O)C1=C2C3=COC(C[C@H](C)O)=CC3=CC(=O)[C@@]2(C)OC1=O. The lowest BCUT2D eigenvalue weighted by molar-refractivity contribution is -0.152. The molecule has 0 saturated carbocycles. The highest BCUT2D eigenvalue weighted by atomic mass is 16.6. The smallest absolute Gasteiger partial charge is 0.343 e. The predicted octanol–water partition coefficient (Wildman–Crippen LogP) is 4.49. The van der Waals surface area contributed by atoms with E-state index in [0.717, 1.165) is 12.8 Å². The molecule has 2 heterocycles. The van der Waals surface area contributed by atoms with E-state index in [1.54, 1.807) is 25.2 Å². The molecule has 0 amide bonds. The van der Waals surface area contributed by atoms with E-state index in [9.17, 15) is 19.5 Å². The first-order valence-electron chi connectivity index (χ1n) is 11.3. The lowest BCUT2D eigenvalue weighted by atomic mass is 9.75. The predicted molar refractivity (Wildman–Crippen MR) is 125 cm³/mol. The van der Waals surface area contributed by atoms with E-state index in [0.29, 0.717) is 16.9 Å². The average Bonchev–Trinajstić information content (AvgIpc) is 3.04. The number of esters is 1. The largest absolute Gasteiger partial charge is 0.469 e. The van der Waals surface area contributed by atoms with Gasteiger partial charge in [-0.3, -0.25) is 9.59 Å². The first-order chi connectivity index (χ1) is 15.8. The fraction of sp³-hybridized carbons (Fsp3) is 0.370. The van der Waals surface area contributed by atoms with E-state index in [1.807, 2.05) is 12.2 Å². The molecular formula is C27H30O6. The Labute approximate surface area is 194 Å². The summed E-state index contributed by atoms with van der Waals surface area (Å²) in [6.07, 6.45) is 19.0. The molecule has 1 aliphatic carbocycles. The molecule has 0 aromatic carbocycles. The molecule has 0 radical (unpaired) electrons. The van der Waals surface area contributed by atoms with Gasteiger partial charge in [0.15, 0.2) is 11.4 Å². The van der Waals surface area contributed by atoms with Crippen LogP contribution in [0.25, 0.3) is 0 Å². The van der Waals surface area contributed by atoms with Gasteiger partial charge in [0.05, 0.1) is 12.4 Å². The molecular weight excluding hydrogens is 420 g/mol. The zero-order valence-corrected chi connectivity index (χ0v) is 19.3. The van der Waals surface area contributed by atoms with Crippen molar-refractivity contribution in [2.24, 2.45) is 0 Å². The summed E-state index contributed by atoms with van der Waals surface area (Å²) in [6, 6.07) is 0. The molecule has 3 rings (SSSR count). The molecule has 6 nitrogen and oxygen atoms in total. The quantitative estimate of drug-likeness (QED) is 0.173. The topological polar surface area (TPSA) is 89.9 Å². The number of allylic oxidation sites excluding steroid dienone is 8. The highest BCUT2D eigenvalue weighted by Crippen LogP contribution is 2.46. The molecule has 0 bridgehead atoms. The molecule has 1 N–H and O–H groups in total. The van der Waals surface area contributed by atoms with E-state index >= 15 is 0 Å². The summed E-state index contributed by atoms with van der Waals surface area (Å²) in [7, 11) is 0. The Bertz CT molecular complexity index is 1040. The fourth-order valence-electron chi connectivity index (χ4n) is 3.95. The number of rotatable bonds is 10. The maximum Gasteiger partial charge on any atom is 0.343 e. The second kappa shape index (κ2) is 10.6. The monoisotopic (exact) mass is 450 g/mol. The first-order valence-corrected chi connectivity index (χ1v) is 11.3. The van der Waals surface area contributed by atoms with Gasteiger partial charge in [0, 0.05) is 17.6 Å². The Hall–Kier alpha value is -3.25. The van der Waals surface area contributed by atoms with Gasteiger partial charge in [-0.25, -0.2) is 4.79 Å². The summed E-state index contributed by atoms with van der Waals surface area (Å²) in [6.45, 7) is 5.28. The van der Waals surface area contributed by atoms with Crippen LogP contribution in [0.1, 0.15) is 52.9 Å². The number of ether oxygens (including phenoxy) is 2. The molecule has 174 valence electrons. The lowest BCUT2D eigenvalue weighted by Gasteiger charge is -2.31. The van der Waals surface area contributed by atoms with Crippen LogP contribution in [0.2, 0.25) is 0 Å². The Kier molecular flexibility index (Phi) is 7.82. The van der Waals surface area contributed by atoms with E-state index in [4.69, 9.17) is 9.47 Å². The van der Waals surface area contributed by atoms with Crippen LogP contribution >= 0.6 is 0 Å². The number of carbonyl (C=O) groups is 3. The first kappa shape index (κ1) is 24.4. The van der Waals surface area contributed by atoms with Crippen LogP contribution in [0, 0.1) is 0 Å². The minimum atomic E-state index is -1.57. The minimum Gasteiger partial charge on any atom is -0.469 e. The Balaban J connectivity index is 1.83. The zero-order chi connectivity index (χ0) is 24.0. The molecule has 6 heteroatoms. The number of unbranched alkanes of at least 4 members (excludes halogenated alkanes) is 3. The van der Waals surface area contributed by atoms with Crippen molar-refractivity contribution in [3.05, 3.63) is 82.9 Å². The van der Waals surface area contributed by atoms with Gasteiger partial charge in [0.25, 0.3) is 0 Å². The van der Waals surface area contributed by atoms with E-state index < -0.39 is 29.2 Å². The van der Waals surface area contributed by atoms with E-state index in [2.05, 4.69) is 13.0 Å². The van der Waals surface area contributed by atoms with Crippen molar-refractivity contribution in [3.8, 4) is 0 Å². The Morgan fingerprint density at radius 3 is 2.64 bits per heavy atom. The summed E-state index contributed by atoms with van der Waals surface area (Å²) < 4.78 is 11.0. The molecule has 33 heavy (non-hydrogen) atoms. The van der Waals surface area contributed by atoms with Crippen LogP contribution in [0.4, 0.5) is 0 Å². The van der Waals surface area contributed by atoms with Crippen LogP contribution in [0.5, 0.6) is 0 Å². The van der Waals surface area contributed by atoms with Crippen LogP contribution < -0.4 is 0 Å². The van der Waals surface area contributed by atoms with Crippen molar-refractivity contribution in [3.63, 3.8) is 0 Å². The lowest BCUT2D eigenvalue weighted by Crippen LogP contribution is -2.40. The van der Waals surface area contributed by atoms with Crippen LogP contribution in [0.3, 0.4) is 0 Å². The number of fused-ring (bicyclic) bond motifs is 3. The standard InChI is InChI=1S/C27H30O6/c1-4-5-6-7-8-9-10-11-12-13-22(29)24-25-21-17-32-20(14-18(2)28)15-19(21)16-23(30)27(25,3)33-26(24)31/h8-13,15-18,28H,4-7,14H2,1-3H3/b9-8+,11-10+,13-12+/t18-,27+/m0/s1. The fourth-order valence-corrected chi connectivity index (χ4v) is 3.95. The molecule has 0 aromatic heterocycles. The van der Waals surface area contributed by atoms with Crippen molar-refractivity contribution in [1.29, 1.82) is 0 Å². The Morgan fingerprint density at radius 2 is 1.91 bits per heavy atom. The van der Waals surface area contributed by atoms with Crippen LogP contribution in [0.15, 0.2) is 82.9 Å². The number of ketones is 2. The van der Waals surface area contributed by atoms with Crippen LogP contribution in [-0.4, -0.2) is 34.3 Å². The molecule has 0 saturated heterocycles. The highest BCUT2D eigenvalue weighted by Gasteiger charge is 2.54. The van der Waals surface area contributed by atoms with Gasteiger partial charge >= 0.3 is 5.97 Å². The maximum absolute atomic E-state index is 12.9. The number of hydrogen-bond acceptors (Lipinski definition) is 6. The molecule has 0 aromatic rings. The summed E-state index contributed by atoms with van der Waals surface area (Å²) >= 11 is 0. The summed E-state index contributed by atoms with van der Waals surface area (Å²) in [5.41, 5.74) is -0.536. The number of hydrogen-bond donors (Lipinski definition) is 1. The van der Waals surface area contributed by atoms with Crippen molar-refractivity contribution >= 4 is 17.5 Å². The molecule has 0 spiro atoms. The third-order valence-corrected chi connectivity index (χ3v) is 5.64. The van der Waals surface area contributed by atoms with Gasteiger partial charge in [0.2, 0.25) is 5.78 Å². The maximum atomic E-state index is 12.9. The van der Waals surface area contributed by atoms with Crippen LogP contribution in [-0.2, 0) is 23.9 Å².